The predicted molar refractivity (Wildman–Crippen MR) is 88.9 cm³/mol. The summed E-state index contributed by atoms with van der Waals surface area (Å²) in [6, 6.07) is 5.86. The minimum Gasteiger partial charge on any atom is -0.487 e. The van der Waals surface area contributed by atoms with Gasteiger partial charge in [0.25, 0.3) is 0 Å². The van der Waals surface area contributed by atoms with Crippen LogP contribution < -0.4 is 20.3 Å². The second kappa shape index (κ2) is 6.23. The molecule has 2 aliphatic rings. The predicted octanol–water partition coefficient (Wildman–Crippen LogP) is 1.01. The highest BCUT2D eigenvalue weighted by Gasteiger charge is 2.45. The van der Waals surface area contributed by atoms with Crippen LogP contribution in [-0.2, 0) is 9.59 Å². The van der Waals surface area contributed by atoms with Gasteiger partial charge in [0, 0.05) is 13.0 Å². The summed E-state index contributed by atoms with van der Waals surface area (Å²) in [6.45, 7) is 4.03. The number of piperidine rings is 1. The Kier molecular flexibility index (Phi) is 4.30. The summed E-state index contributed by atoms with van der Waals surface area (Å²) in [5, 5.41) is 4.86. The molecule has 1 aromatic carbocycles. The second-order valence-electron chi connectivity index (χ2n) is 5.82. The smallest absolute Gasteiger partial charge is 0.248 e. The van der Waals surface area contributed by atoms with Crippen molar-refractivity contribution < 1.29 is 14.3 Å². The van der Waals surface area contributed by atoms with E-state index in [0.717, 1.165) is 30.1 Å². The number of imide groups is 1. The first-order chi connectivity index (χ1) is 11.1. The fraction of sp³-hybridized carbons (Fsp3) is 0.500. The number of fused-ring (bicyclic) bond motifs is 1. The molecule has 121 valence electrons. The van der Waals surface area contributed by atoms with Gasteiger partial charge in [-0.2, -0.15) is 0 Å². The van der Waals surface area contributed by atoms with Gasteiger partial charge in [-0.3, -0.25) is 14.9 Å². The largest absolute Gasteiger partial charge is 0.487 e. The van der Waals surface area contributed by atoms with Crippen LogP contribution in [0.15, 0.2) is 18.2 Å². The van der Waals surface area contributed by atoms with E-state index in [1.54, 1.807) is 0 Å². The Morgan fingerprint density at radius 1 is 1.43 bits per heavy atom. The molecule has 2 amide bonds. The average molecular weight is 330 g/mol. The number of hydrogen-bond acceptors (Lipinski definition) is 5. The van der Waals surface area contributed by atoms with E-state index in [9.17, 15) is 9.59 Å². The number of anilines is 2. The van der Waals surface area contributed by atoms with E-state index >= 15 is 0 Å². The first-order valence-corrected chi connectivity index (χ1v) is 8.43. The summed E-state index contributed by atoms with van der Waals surface area (Å²) < 4.78 is 5.85. The van der Waals surface area contributed by atoms with Crippen LogP contribution in [0.3, 0.4) is 0 Å². The molecule has 3 rings (SSSR count). The van der Waals surface area contributed by atoms with Crippen molar-refractivity contribution in [2.45, 2.75) is 31.3 Å². The molecule has 0 aromatic heterocycles. The highest BCUT2D eigenvalue weighted by atomic mass is 28.1. The van der Waals surface area contributed by atoms with Crippen LogP contribution in [0.2, 0.25) is 0 Å². The van der Waals surface area contributed by atoms with Crippen LogP contribution in [0.4, 0.5) is 11.4 Å². The second-order valence-corrected chi connectivity index (χ2v) is 6.65. The van der Waals surface area contributed by atoms with Gasteiger partial charge in [-0.15, -0.1) is 0 Å². The maximum atomic E-state index is 12.4. The third-order valence-electron chi connectivity index (χ3n) is 4.22. The van der Waals surface area contributed by atoms with Crippen LogP contribution in [0.5, 0.6) is 5.75 Å². The van der Waals surface area contributed by atoms with E-state index in [0.29, 0.717) is 26.0 Å². The lowest BCUT2D eigenvalue weighted by Crippen LogP contribution is -2.65. The van der Waals surface area contributed by atoms with Gasteiger partial charge >= 0.3 is 0 Å². The average Bonchev–Trinajstić information content (AvgIpc) is 2.56. The van der Waals surface area contributed by atoms with Gasteiger partial charge < -0.3 is 15.0 Å². The summed E-state index contributed by atoms with van der Waals surface area (Å²) in [5.74, 6) is 0.218. The molecule has 2 N–H and O–H groups in total. The summed E-state index contributed by atoms with van der Waals surface area (Å²) in [5.41, 5.74) is 1.79. The summed E-state index contributed by atoms with van der Waals surface area (Å²) in [6.07, 6.45) is 1.76. The number of amides is 2. The SMILES string of the molecule is CCCNc1cccc2c1OCCN2[C@]1([Si])CCC(=O)NC1=O. The van der Waals surface area contributed by atoms with E-state index in [-0.39, 0.29) is 11.8 Å². The number of rotatable bonds is 4. The van der Waals surface area contributed by atoms with Crippen LogP contribution in [0.1, 0.15) is 26.2 Å². The maximum Gasteiger partial charge on any atom is 0.248 e. The molecule has 0 bridgehead atoms. The Bertz CT molecular complexity index is 637. The van der Waals surface area contributed by atoms with Crippen molar-refractivity contribution in [3.05, 3.63) is 18.2 Å². The Balaban J connectivity index is 1.95. The zero-order valence-electron chi connectivity index (χ0n) is 13.1. The van der Waals surface area contributed by atoms with Gasteiger partial charge in [0.2, 0.25) is 11.8 Å². The van der Waals surface area contributed by atoms with Crippen LogP contribution in [0, 0.1) is 0 Å². The summed E-state index contributed by atoms with van der Waals surface area (Å²) in [7, 11) is 3.65. The Labute approximate surface area is 139 Å². The van der Waals surface area contributed by atoms with Gasteiger partial charge in [0.1, 0.15) is 11.8 Å². The number of benzene rings is 1. The molecule has 23 heavy (non-hydrogen) atoms. The topological polar surface area (TPSA) is 70.7 Å². The Morgan fingerprint density at radius 3 is 3.00 bits per heavy atom. The van der Waals surface area contributed by atoms with Crippen molar-refractivity contribution in [1.82, 2.24) is 5.32 Å². The highest BCUT2D eigenvalue weighted by Crippen LogP contribution is 2.42. The van der Waals surface area contributed by atoms with Crippen molar-refractivity contribution in [2.75, 3.05) is 29.9 Å². The molecule has 2 aliphatic heterocycles. The van der Waals surface area contributed by atoms with Gasteiger partial charge in [-0.05, 0) is 25.0 Å². The van der Waals surface area contributed by atoms with Crippen molar-refractivity contribution in [3.8, 4) is 5.75 Å². The third kappa shape index (κ3) is 2.80. The van der Waals surface area contributed by atoms with Crippen molar-refractivity contribution in [1.29, 1.82) is 0 Å². The third-order valence-corrected chi connectivity index (χ3v) is 4.96. The molecule has 7 heteroatoms. The van der Waals surface area contributed by atoms with Crippen molar-refractivity contribution in [3.63, 3.8) is 0 Å². The standard InChI is InChI=1S/C16H20N3O3Si/c1-2-8-17-11-4-3-5-12-14(11)22-10-9-19(12)16(23)7-6-13(20)18-15(16)21/h3-5,17H,2,6-10H2,1H3,(H,18,20,21)/t16-/m0/s1. The number of carbonyl (C=O) groups is 2. The monoisotopic (exact) mass is 330 g/mol. The maximum absolute atomic E-state index is 12.4. The van der Waals surface area contributed by atoms with E-state index in [1.165, 1.54) is 0 Å². The fourth-order valence-corrected chi connectivity index (χ4v) is 3.42. The molecule has 0 aliphatic carbocycles. The van der Waals surface area contributed by atoms with Crippen molar-refractivity contribution in [2.24, 2.45) is 0 Å². The van der Waals surface area contributed by atoms with Crippen LogP contribution in [0.25, 0.3) is 0 Å². The van der Waals surface area contributed by atoms with Crippen molar-refractivity contribution >= 4 is 33.4 Å². The number of nitrogens with one attached hydrogen (secondary N) is 2. The first kappa shape index (κ1) is 15.9. The molecule has 1 aromatic rings. The number of ether oxygens (including phenoxy) is 1. The minimum absolute atomic E-state index is 0.226. The van der Waals surface area contributed by atoms with Crippen LogP contribution in [-0.4, -0.2) is 46.9 Å². The normalized spacial score (nSPS) is 23.8. The molecule has 1 saturated heterocycles. The van der Waals surface area contributed by atoms with Gasteiger partial charge in [0.05, 0.1) is 28.2 Å². The molecule has 0 saturated carbocycles. The quantitative estimate of drug-likeness (QED) is 0.637. The Morgan fingerprint density at radius 2 is 2.26 bits per heavy atom. The fourth-order valence-electron chi connectivity index (χ4n) is 3.00. The number of para-hydroxylation sites is 1. The zero-order valence-corrected chi connectivity index (χ0v) is 14.1. The first-order valence-electron chi connectivity index (χ1n) is 7.93. The molecule has 2 heterocycles. The lowest BCUT2D eigenvalue weighted by atomic mass is 10.0. The molecule has 1 atom stereocenters. The molecular formula is C16H20N3O3Si. The minimum atomic E-state index is -0.921. The molecule has 0 unspecified atom stereocenters. The van der Waals surface area contributed by atoms with E-state index < -0.39 is 5.16 Å². The molecule has 6 nitrogen and oxygen atoms in total. The number of carbonyl (C=O) groups excluding carboxylic acids is 2. The van der Waals surface area contributed by atoms with Crippen LogP contribution >= 0.6 is 0 Å². The molecule has 1 fully saturated rings. The summed E-state index contributed by atoms with van der Waals surface area (Å²) >= 11 is 0. The lowest BCUT2D eigenvalue weighted by molar-refractivity contribution is -0.135. The molecule has 0 spiro atoms. The number of hydrogen-bond donors (Lipinski definition) is 2. The molecular weight excluding hydrogens is 310 g/mol. The van der Waals surface area contributed by atoms with Gasteiger partial charge in [-0.1, -0.05) is 13.0 Å². The number of nitrogens with zero attached hydrogens (tertiary/aromatic N) is 1. The van der Waals surface area contributed by atoms with Gasteiger partial charge in [0.15, 0.2) is 5.75 Å². The zero-order chi connectivity index (χ0) is 16.4. The van der Waals surface area contributed by atoms with E-state index in [1.807, 2.05) is 23.1 Å². The van der Waals surface area contributed by atoms with Gasteiger partial charge in [-0.25, -0.2) is 0 Å². The lowest BCUT2D eigenvalue weighted by Gasteiger charge is -2.46. The molecule has 3 radical (unpaired) electrons. The highest BCUT2D eigenvalue weighted by molar-refractivity contribution is 6.33. The Hall–Kier alpha value is -2.02. The van der Waals surface area contributed by atoms with E-state index in [4.69, 9.17) is 4.74 Å². The summed E-state index contributed by atoms with van der Waals surface area (Å²) in [4.78, 5) is 25.9. The van der Waals surface area contributed by atoms with E-state index in [2.05, 4.69) is 27.8 Å².